The molecule has 1 rings (SSSR count). The van der Waals surface area contributed by atoms with Crippen molar-refractivity contribution in [2.24, 2.45) is 0 Å². The number of halogens is 2. The zero-order valence-corrected chi connectivity index (χ0v) is 9.20. The Morgan fingerprint density at radius 1 is 1.60 bits per heavy atom. The summed E-state index contributed by atoms with van der Waals surface area (Å²) in [6, 6.07) is 4.33. The Bertz CT molecular complexity index is 390. The maximum atomic E-state index is 13.0. The minimum Gasteiger partial charge on any atom is -0.489 e. The van der Waals surface area contributed by atoms with Gasteiger partial charge in [0.1, 0.15) is 18.2 Å². The van der Waals surface area contributed by atoms with Crippen molar-refractivity contribution in [2.45, 2.75) is 0 Å². The molecule has 0 aromatic heterocycles. The molecule has 0 spiro atoms. The summed E-state index contributed by atoms with van der Waals surface area (Å²) in [7, 11) is 0. The highest BCUT2D eigenvalue weighted by Crippen LogP contribution is 2.20. The third kappa shape index (κ3) is 4.12. The highest BCUT2D eigenvalue weighted by atomic mass is 79.9. The summed E-state index contributed by atoms with van der Waals surface area (Å²) < 4.78 is 18.4. The van der Waals surface area contributed by atoms with E-state index in [1.807, 2.05) is 0 Å². The molecule has 15 heavy (non-hydrogen) atoms. The van der Waals surface area contributed by atoms with Gasteiger partial charge in [0.15, 0.2) is 0 Å². The average molecular weight is 275 g/mol. The van der Waals surface area contributed by atoms with Crippen LogP contribution in [0.5, 0.6) is 5.75 Å². The molecule has 1 N–H and O–H groups in total. The van der Waals surface area contributed by atoms with E-state index in [-0.39, 0.29) is 6.61 Å². The van der Waals surface area contributed by atoms with Crippen molar-refractivity contribution in [2.75, 3.05) is 6.61 Å². The first kappa shape index (κ1) is 11.7. The quantitative estimate of drug-likeness (QED) is 0.859. The third-order valence-electron chi connectivity index (χ3n) is 1.50. The van der Waals surface area contributed by atoms with Gasteiger partial charge in [-0.15, -0.1) is 0 Å². The van der Waals surface area contributed by atoms with Crippen molar-refractivity contribution >= 4 is 21.9 Å². The molecule has 0 fully saturated rings. The van der Waals surface area contributed by atoms with E-state index in [2.05, 4.69) is 15.9 Å². The van der Waals surface area contributed by atoms with Gasteiger partial charge < -0.3 is 9.84 Å². The first-order valence-electron chi connectivity index (χ1n) is 4.07. The fraction of sp³-hybridized carbons (Fsp3) is 0.100. The van der Waals surface area contributed by atoms with Crippen molar-refractivity contribution in [3.63, 3.8) is 0 Å². The number of carboxylic acid groups (broad SMARTS) is 1. The molecular formula is C10H8BrFO3. The number of ether oxygens (including phenoxy) is 1. The Morgan fingerprint density at radius 2 is 2.33 bits per heavy atom. The second kappa shape index (κ2) is 5.50. The Balaban J connectivity index is 2.51. The maximum Gasteiger partial charge on any atom is 0.328 e. The lowest BCUT2D eigenvalue weighted by molar-refractivity contribution is -0.131. The Hall–Kier alpha value is -1.36. The van der Waals surface area contributed by atoms with Crippen molar-refractivity contribution < 1.29 is 19.0 Å². The van der Waals surface area contributed by atoms with Crippen LogP contribution in [0.3, 0.4) is 0 Å². The van der Waals surface area contributed by atoms with E-state index in [0.29, 0.717) is 10.2 Å². The van der Waals surface area contributed by atoms with E-state index in [1.165, 1.54) is 18.2 Å². The largest absolute Gasteiger partial charge is 0.489 e. The first-order valence-corrected chi connectivity index (χ1v) is 4.86. The highest BCUT2D eigenvalue weighted by Gasteiger charge is 2.00. The topological polar surface area (TPSA) is 46.5 Å². The molecule has 0 aliphatic carbocycles. The fourth-order valence-corrected chi connectivity index (χ4v) is 1.11. The molecular weight excluding hydrogens is 267 g/mol. The summed E-state index contributed by atoms with van der Waals surface area (Å²) in [4.78, 5) is 10.1. The van der Waals surface area contributed by atoms with Crippen LogP contribution in [0.1, 0.15) is 0 Å². The van der Waals surface area contributed by atoms with E-state index < -0.39 is 11.8 Å². The molecule has 0 bridgehead atoms. The van der Waals surface area contributed by atoms with Gasteiger partial charge in [-0.1, -0.05) is 0 Å². The van der Waals surface area contributed by atoms with Crippen LogP contribution in [-0.4, -0.2) is 17.7 Å². The number of rotatable bonds is 4. The Morgan fingerprint density at radius 3 is 2.93 bits per heavy atom. The number of benzene rings is 1. The predicted octanol–water partition coefficient (Wildman–Crippen LogP) is 2.61. The molecule has 1 aromatic rings. The van der Waals surface area contributed by atoms with E-state index in [1.54, 1.807) is 6.07 Å². The van der Waals surface area contributed by atoms with Gasteiger partial charge in [-0.05, 0) is 34.1 Å². The zero-order chi connectivity index (χ0) is 11.3. The molecule has 0 saturated heterocycles. The number of carboxylic acids is 1. The number of hydrogen-bond donors (Lipinski definition) is 1. The summed E-state index contributed by atoms with van der Waals surface area (Å²) >= 11 is 3.01. The van der Waals surface area contributed by atoms with Gasteiger partial charge in [0, 0.05) is 12.1 Å². The van der Waals surface area contributed by atoms with E-state index in [0.717, 1.165) is 6.08 Å². The SMILES string of the molecule is O=C(O)/C=C/COc1ccc(Br)c(F)c1. The average Bonchev–Trinajstić information content (AvgIpc) is 2.18. The van der Waals surface area contributed by atoms with Gasteiger partial charge in [-0.2, -0.15) is 0 Å². The van der Waals surface area contributed by atoms with Gasteiger partial charge in [-0.25, -0.2) is 9.18 Å². The Labute approximate surface area is 94.3 Å². The zero-order valence-electron chi connectivity index (χ0n) is 7.61. The minimum absolute atomic E-state index is 0.0906. The minimum atomic E-state index is -1.04. The van der Waals surface area contributed by atoms with Crippen LogP contribution in [0.2, 0.25) is 0 Å². The van der Waals surface area contributed by atoms with Gasteiger partial charge in [0.05, 0.1) is 4.47 Å². The second-order valence-corrected chi connectivity index (χ2v) is 3.48. The molecule has 3 nitrogen and oxygen atoms in total. The predicted molar refractivity (Wildman–Crippen MR) is 56.4 cm³/mol. The molecule has 1 aromatic carbocycles. The van der Waals surface area contributed by atoms with E-state index in [4.69, 9.17) is 9.84 Å². The summed E-state index contributed by atoms with van der Waals surface area (Å²) in [6.07, 6.45) is 2.30. The molecule has 0 atom stereocenters. The summed E-state index contributed by atoms with van der Waals surface area (Å²) in [5.41, 5.74) is 0. The van der Waals surface area contributed by atoms with Crippen LogP contribution >= 0.6 is 15.9 Å². The van der Waals surface area contributed by atoms with Gasteiger partial charge in [-0.3, -0.25) is 0 Å². The molecule has 5 heteroatoms. The second-order valence-electron chi connectivity index (χ2n) is 2.63. The van der Waals surface area contributed by atoms with Crippen LogP contribution in [-0.2, 0) is 4.79 Å². The molecule has 0 aliphatic rings. The standard InChI is InChI=1S/C10H8BrFO3/c11-8-4-3-7(6-9(8)12)15-5-1-2-10(13)14/h1-4,6H,5H2,(H,13,14)/b2-1+. The number of hydrogen-bond acceptors (Lipinski definition) is 2. The fourth-order valence-electron chi connectivity index (χ4n) is 0.860. The third-order valence-corrected chi connectivity index (χ3v) is 2.14. The molecule has 0 saturated carbocycles. The smallest absolute Gasteiger partial charge is 0.328 e. The van der Waals surface area contributed by atoms with Crippen molar-refractivity contribution in [1.82, 2.24) is 0 Å². The monoisotopic (exact) mass is 274 g/mol. The Kier molecular flexibility index (Phi) is 4.30. The van der Waals surface area contributed by atoms with Gasteiger partial charge in [0.2, 0.25) is 0 Å². The molecule has 0 amide bonds. The van der Waals surface area contributed by atoms with Crippen LogP contribution < -0.4 is 4.74 Å². The van der Waals surface area contributed by atoms with Crippen molar-refractivity contribution in [1.29, 1.82) is 0 Å². The van der Waals surface area contributed by atoms with Gasteiger partial charge >= 0.3 is 5.97 Å². The van der Waals surface area contributed by atoms with E-state index >= 15 is 0 Å². The summed E-state index contributed by atoms with van der Waals surface area (Å²) in [6.45, 7) is 0.0906. The molecule has 80 valence electrons. The van der Waals surface area contributed by atoms with Gasteiger partial charge in [0.25, 0.3) is 0 Å². The van der Waals surface area contributed by atoms with Crippen LogP contribution in [0.4, 0.5) is 4.39 Å². The molecule has 0 unspecified atom stereocenters. The van der Waals surface area contributed by atoms with E-state index in [9.17, 15) is 9.18 Å². The number of aliphatic carboxylic acids is 1. The van der Waals surface area contributed by atoms with Crippen molar-refractivity contribution in [3.05, 3.63) is 40.6 Å². The molecule has 0 heterocycles. The molecule has 0 aliphatic heterocycles. The lowest BCUT2D eigenvalue weighted by Crippen LogP contribution is -1.96. The highest BCUT2D eigenvalue weighted by molar-refractivity contribution is 9.10. The number of carbonyl (C=O) groups is 1. The lowest BCUT2D eigenvalue weighted by Gasteiger charge is -2.03. The van der Waals surface area contributed by atoms with Crippen LogP contribution in [0.15, 0.2) is 34.8 Å². The summed E-state index contributed by atoms with van der Waals surface area (Å²) in [5, 5.41) is 8.28. The maximum absolute atomic E-state index is 13.0. The normalized spacial score (nSPS) is 10.5. The molecule has 0 radical (unpaired) electrons. The van der Waals surface area contributed by atoms with Crippen molar-refractivity contribution in [3.8, 4) is 5.75 Å². The van der Waals surface area contributed by atoms with Crippen LogP contribution in [0, 0.1) is 5.82 Å². The lowest BCUT2D eigenvalue weighted by atomic mass is 10.3. The summed E-state index contributed by atoms with van der Waals surface area (Å²) in [5.74, 6) is -1.11. The first-order chi connectivity index (χ1) is 7.09. The van der Waals surface area contributed by atoms with Crippen LogP contribution in [0.25, 0.3) is 0 Å².